The summed E-state index contributed by atoms with van der Waals surface area (Å²) in [5.41, 5.74) is 12.5. The Labute approximate surface area is 86.8 Å². The number of benzene rings is 1. The molecule has 1 aromatic carbocycles. The van der Waals surface area contributed by atoms with Gasteiger partial charge in [-0.1, -0.05) is 11.6 Å². The number of ether oxygens (including phenoxy) is 1. The fourth-order valence-corrected chi connectivity index (χ4v) is 1.29. The quantitative estimate of drug-likeness (QED) is 0.573. The number of methoxy groups -OCH3 is 1. The Kier molecular flexibility index (Phi) is 3.19. The summed E-state index contributed by atoms with van der Waals surface area (Å²) in [6, 6.07) is 3.21. The SMILES string of the molecule is COC(=O)Cc1cc(N)c(N)c(Cl)c1. The maximum absolute atomic E-state index is 11.0. The van der Waals surface area contributed by atoms with Crippen molar-refractivity contribution in [2.24, 2.45) is 0 Å². The first-order valence-electron chi connectivity index (χ1n) is 3.94. The van der Waals surface area contributed by atoms with E-state index >= 15 is 0 Å². The Morgan fingerprint density at radius 2 is 2.14 bits per heavy atom. The minimum Gasteiger partial charge on any atom is -0.469 e. The van der Waals surface area contributed by atoms with Gasteiger partial charge in [0.2, 0.25) is 0 Å². The molecule has 0 aliphatic rings. The first kappa shape index (κ1) is 10.7. The Balaban J connectivity index is 2.95. The van der Waals surface area contributed by atoms with Crippen LogP contribution in [0.3, 0.4) is 0 Å². The van der Waals surface area contributed by atoms with Gasteiger partial charge in [-0.2, -0.15) is 0 Å². The number of rotatable bonds is 2. The molecule has 0 unspecified atom stereocenters. The smallest absolute Gasteiger partial charge is 0.309 e. The van der Waals surface area contributed by atoms with Gasteiger partial charge in [0.1, 0.15) is 0 Å². The summed E-state index contributed by atoms with van der Waals surface area (Å²) in [6.07, 6.45) is 0.140. The number of halogens is 1. The third kappa shape index (κ3) is 2.29. The van der Waals surface area contributed by atoms with Crippen LogP contribution >= 0.6 is 11.6 Å². The molecule has 0 saturated heterocycles. The largest absolute Gasteiger partial charge is 0.469 e. The average molecular weight is 215 g/mol. The van der Waals surface area contributed by atoms with E-state index in [1.807, 2.05) is 0 Å². The minimum atomic E-state index is -0.342. The van der Waals surface area contributed by atoms with Crippen molar-refractivity contribution in [3.05, 3.63) is 22.7 Å². The molecule has 0 saturated carbocycles. The van der Waals surface area contributed by atoms with Crippen LogP contribution < -0.4 is 11.5 Å². The molecule has 76 valence electrons. The molecule has 0 aliphatic heterocycles. The van der Waals surface area contributed by atoms with Gasteiger partial charge < -0.3 is 16.2 Å². The highest BCUT2D eigenvalue weighted by Crippen LogP contribution is 2.26. The van der Waals surface area contributed by atoms with Crippen molar-refractivity contribution >= 4 is 28.9 Å². The summed E-state index contributed by atoms with van der Waals surface area (Å²) in [4.78, 5) is 11.0. The van der Waals surface area contributed by atoms with Gasteiger partial charge in [-0.05, 0) is 17.7 Å². The lowest BCUT2D eigenvalue weighted by molar-refractivity contribution is -0.139. The first-order chi connectivity index (χ1) is 6.54. The van der Waals surface area contributed by atoms with Crippen molar-refractivity contribution in [3.63, 3.8) is 0 Å². The monoisotopic (exact) mass is 214 g/mol. The lowest BCUT2D eigenvalue weighted by Gasteiger charge is -2.06. The van der Waals surface area contributed by atoms with E-state index in [4.69, 9.17) is 23.1 Å². The highest BCUT2D eigenvalue weighted by atomic mass is 35.5. The number of anilines is 2. The van der Waals surface area contributed by atoms with Gasteiger partial charge in [0.05, 0.1) is 29.9 Å². The molecular weight excluding hydrogens is 204 g/mol. The summed E-state index contributed by atoms with van der Waals surface area (Å²) >= 11 is 5.79. The van der Waals surface area contributed by atoms with Gasteiger partial charge >= 0.3 is 5.97 Å². The van der Waals surface area contributed by atoms with Crippen molar-refractivity contribution < 1.29 is 9.53 Å². The topological polar surface area (TPSA) is 78.3 Å². The van der Waals surface area contributed by atoms with E-state index in [2.05, 4.69) is 4.74 Å². The Bertz CT molecular complexity index is 343. The number of carbonyl (C=O) groups excluding carboxylic acids is 1. The molecule has 14 heavy (non-hydrogen) atoms. The fraction of sp³-hybridized carbons (Fsp3) is 0.222. The molecule has 0 aromatic heterocycles. The molecule has 5 heteroatoms. The molecule has 0 radical (unpaired) electrons. The summed E-state index contributed by atoms with van der Waals surface area (Å²) in [5, 5.41) is 0.351. The van der Waals surface area contributed by atoms with Crippen LogP contribution in [0.5, 0.6) is 0 Å². The van der Waals surface area contributed by atoms with E-state index in [0.717, 1.165) is 0 Å². The van der Waals surface area contributed by atoms with Gasteiger partial charge in [0.25, 0.3) is 0 Å². The van der Waals surface area contributed by atoms with Gasteiger partial charge in [0, 0.05) is 0 Å². The highest BCUT2D eigenvalue weighted by molar-refractivity contribution is 6.33. The number of carbonyl (C=O) groups is 1. The molecule has 0 spiro atoms. The number of hydrogen-bond acceptors (Lipinski definition) is 4. The van der Waals surface area contributed by atoms with E-state index in [-0.39, 0.29) is 12.4 Å². The second kappa shape index (κ2) is 4.19. The second-order valence-electron chi connectivity index (χ2n) is 2.83. The van der Waals surface area contributed by atoms with Gasteiger partial charge in [-0.15, -0.1) is 0 Å². The van der Waals surface area contributed by atoms with Crippen LogP contribution in [0, 0.1) is 0 Å². The maximum Gasteiger partial charge on any atom is 0.309 e. The zero-order valence-electron chi connectivity index (χ0n) is 7.71. The Hall–Kier alpha value is -1.42. The second-order valence-corrected chi connectivity index (χ2v) is 3.24. The molecule has 0 amide bonds. The van der Waals surface area contributed by atoms with Crippen molar-refractivity contribution in [3.8, 4) is 0 Å². The van der Waals surface area contributed by atoms with E-state index in [0.29, 0.717) is 22.0 Å². The van der Waals surface area contributed by atoms with Crippen molar-refractivity contribution in [2.75, 3.05) is 18.6 Å². The van der Waals surface area contributed by atoms with Crippen LogP contribution in [0.15, 0.2) is 12.1 Å². The van der Waals surface area contributed by atoms with E-state index < -0.39 is 0 Å². The summed E-state index contributed by atoms with van der Waals surface area (Å²) in [7, 11) is 1.32. The molecular formula is C9H11ClN2O2. The van der Waals surface area contributed by atoms with Gasteiger partial charge in [0.15, 0.2) is 0 Å². The minimum absolute atomic E-state index is 0.140. The number of nitrogens with two attached hydrogens (primary N) is 2. The van der Waals surface area contributed by atoms with Crippen LogP contribution in [0.25, 0.3) is 0 Å². The summed E-state index contributed by atoms with van der Waals surface area (Å²) in [6.45, 7) is 0. The summed E-state index contributed by atoms with van der Waals surface area (Å²) in [5.74, 6) is -0.342. The highest BCUT2D eigenvalue weighted by Gasteiger charge is 2.07. The zero-order chi connectivity index (χ0) is 10.7. The van der Waals surface area contributed by atoms with Crippen LogP contribution in [0.1, 0.15) is 5.56 Å². The van der Waals surface area contributed by atoms with Crippen molar-refractivity contribution in [1.82, 2.24) is 0 Å². The molecule has 4 N–H and O–H groups in total. The standard InChI is InChI=1S/C9H11ClN2O2/c1-14-8(13)4-5-2-6(10)9(12)7(11)3-5/h2-3H,4,11-12H2,1H3. The molecule has 0 heterocycles. The molecule has 0 atom stereocenters. The molecule has 0 fully saturated rings. The normalized spacial score (nSPS) is 9.86. The molecule has 0 bridgehead atoms. The molecule has 0 aliphatic carbocycles. The number of esters is 1. The zero-order valence-corrected chi connectivity index (χ0v) is 8.47. The lowest BCUT2D eigenvalue weighted by atomic mass is 10.1. The van der Waals surface area contributed by atoms with Crippen molar-refractivity contribution in [2.45, 2.75) is 6.42 Å². The number of hydrogen-bond donors (Lipinski definition) is 2. The van der Waals surface area contributed by atoms with E-state index in [1.165, 1.54) is 7.11 Å². The molecule has 1 aromatic rings. The first-order valence-corrected chi connectivity index (χ1v) is 4.32. The van der Waals surface area contributed by atoms with Gasteiger partial charge in [-0.3, -0.25) is 4.79 Å². The van der Waals surface area contributed by atoms with Crippen LogP contribution in [-0.4, -0.2) is 13.1 Å². The van der Waals surface area contributed by atoms with Crippen LogP contribution in [-0.2, 0) is 16.0 Å². The third-order valence-corrected chi connectivity index (χ3v) is 2.11. The summed E-state index contributed by atoms with van der Waals surface area (Å²) < 4.78 is 4.51. The molecule has 1 rings (SSSR count). The Morgan fingerprint density at radius 3 is 2.64 bits per heavy atom. The molecule has 4 nitrogen and oxygen atoms in total. The van der Waals surface area contributed by atoms with E-state index in [1.54, 1.807) is 12.1 Å². The van der Waals surface area contributed by atoms with E-state index in [9.17, 15) is 4.79 Å². The maximum atomic E-state index is 11.0. The predicted octanol–water partition coefficient (Wildman–Crippen LogP) is 1.22. The van der Waals surface area contributed by atoms with Crippen LogP contribution in [0.2, 0.25) is 5.02 Å². The van der Waals surface area contributed by atoms with Crippen LogP contribution in [0.4, 0.5) is 11.4 Å². The average Bonchev–Trinajstić information content (AvgIpc) is 2.14. The number of nitrogen functional groups attached to an aromatic ring is 2. The third-order valence-electron chi connectivity index (χ3n) is 1.80. The fourth-order valence-electron chi connectivity index (χ4n) is 1.04. The van der Waals surface area contributed by atoms with Gasteiger partial charge in [-0.25, -0.2) is 0 Å². The Morgan fingerprint density at radius 1 is 1.50 bits per heavy atom. The van der Waals surface area contributed by atoms with Crippen molar-refractivity contribution in [1.29, 1.82) is 0 Å². The predicted molar refractivity (Wildman–Crippen MR) is 56.0 cm³/mol. The lowest BCUT2D eigenvalue weighted by Crippen LogP contribution is -2.06.